The second-order valence-corrected chi connectivity index (χ2v) is 11.6. The van der Waals surface area contributed by atoms with Gasteiger partial charge < -0.3 is 4.90 Å². The molecule has 1 amide bonds. The van der Waals surface area contributed by atoms with Crippen molar-refractivity contribution in [3.63, 3.8) is 0 Å². The van der Waals surface area contributed by atoms with Crippen LogP contribution in [0.2, 0.25) is 0 Å². The summed E-state index contributed by atoms with van der Waals surface area (Å²) in [5.74, 6) is -3.53. The molecule has 3 aliphatic rings. The normalized spacial score (nSPS) is 27.5. The van der Waals surface area contributed by atoms with Crippen LogP contribution in [0.1, 0.15) is 57.4 Å². The first kappa shape index (κ1) is 23.5. The zero-order chi connectivity index (χ0) is 23.0. The molecule has 4 rings (SSSR count). The molecule has 178 valence electrons. The largest absolute Gasteiger partial charge is 0.336 e. The third-order valence-electron chi connectivity index (χ3n) is 7.51. The maximum absolute atomic E-state index is 14.1. The van der Waals surface area contributed by atoms with E-state index in [1.807, 2.05) is 6.92 Å². The quantitative estimate of drug-likeness (QED) is 0.591. The lowest BCUT2D eigenvalue weighted by atomic mass is 9.79. The Morgan fingerprint density at radius 1 is 1.00 bits per heavy atom. The standard InChI is InChI=1S/C23H31F3N2O3S/c1-15(9-17-12-21(25)22(26)13-20(17)24)16-10-18-5-6-19(11-16)28(18)23(29)14-32(30,31)27-7-3-2-4-8-27/h12-13,15-16,18-19H,2-11,14H2,1H3/t15-,16?,18-,19+/m1/s1. The molecule has 0 aliphatic carbocycles. The van der Waals surface area contributed by atoms with Gasteiger partial charge in [-0.05, 0) is 68.4 Å². The monoisotopic (exact) mass is 472 g/mol. The van der Waals surface area contributed by atoms with Crippen LogP contribution >= 0.6 is 0 Å². The van der Waals surface area contributed by atoms with E-state index < -0.39 is 33.2 Å². The fourth-order valence-corrected chi connectivity index (χ4v) is 7.25. The Labute approximate surface area is 188 Å². The Kier molecular flexibility index (Phi) is 6.86. The first-order chi connectivity index (χ1) is 15.2. The van der Waals surface area contributed by atoms with Crippen molar-refractivity contribution in [1.29, 1.82) is 0 Å². The number of carbonyl (C=O) groups excluding carboxylic acids is 1. The highest BCUT2D eigenvalue weighted by Gasteiger charge is 2.45. The summed E-state index contributed by atoms with van der Waals surface area (Å²) in [7, 11) is -3.60. The third-order valence-corrected chi connectivity index (χ3v) is 9.27. The van der Waals surface area contributed by atoms with E-state index in [1.165, 1.54) is 4.31 Å². The number of amides is 1. The molecule has 32 heavy (non-hydrogen) atoms. The Bertz CT molecular complexity index is 951. The van der Waals surface area contributed by atoms with E-state index in [9.17, 15) is 26.4 Å². The van der Waals surface area contributed by atoms with Crippen LogP contribution in [-0.2, 0) is 21.2 Å². The van der Waals surface area contributed by atoms with Gasteiger partial charge in [-0.2, -0.15) is 0 Å². The summed E-state index contributed by atoms with van der Waals surface area (Å²) in [6.07, 6.45) is 6.10. The number of sulfonamides is 1. The van der Waals surface area contributed by atoms with E-state index in [0.29, 0.717) is 25.6 Å². The lowest BCUT2D eigenvalue weighted by Crippen LogP contribution is -2.51. The van der Waals surface area contributed by atoms with Crippen LogP contribution in [0, 0.1) is 29.3 Å². The lowest BCUT2D eigenvalue weighted by molar-refractivity contribution is -0.134. The number of piperidine rings is 2. The molecule has 0 radical (unpaired) electrons. The molecule has 3 saturated heterocycles. The summed E-state index contributed by atoms with van der Waals surface area (Å²) in [6.45, 7) is 2.95. The van der Waals surface area contributed by atoms with Gasteiger partial charge in [-0.3, -0.25) is 4.79 Å². The van der Waals surface area contributed by atoms with Gasteiger partial charge in [0.2, 0.25) is 15.9 Å². The average molecular weight is 473 g/mol. The molecular formula is C23H31F3N2O3S. The fourth-order valence-electron chi connectivity index (χ4n) is 5.79. The third kappa shape index (κ3) is 4.83. The summed E-state index contributed by atoms with van der Waals surface area (Å²) in [4.78, 5) is 14.8. The zero-order valence-corrected chi connectivity index (χ0v) is 19.2. The van der Waals surface area contributed by atoms with E-state index >= 15 is 0 Å². The SMILES string of the molecule is C[C@H](Cc1cc(F)c(F)cc1F)C1C[C@H]2CC[C@@H](C1)N2C(=O)CS(=O)(=O)N1CCCCC1. The van der Waals surface area contributed by atoms with Crippen LogP contribution in [0.5, 0.6) is 0 Å². The van der Waals surface area contributed by atoms with Crippen LogP contribution < -0.4 is 0 Å². The van der Waals surface area contributed by atoms with Gasteiger partial charge in [0.05, 0.1) is 0 Å². The van der Waals surface area contributed by atoms with Gasteiger partial charge in [-0.25, -0.2) is 25.9 Å². The molecule has 0 aromatic heterocycles. The molecule has 0 saturated carbocycles. The van der Waals surface area contributed by atoms with Crippen LogP contribution in [-0.4, -0.2) is 54.5 Å². The van der Waals surface area contributed by atoms with Gasteiger partial charge in [0.1, 0.15) is 11.6 Å². The molecule has 1 unspecified atom stereocenters. The van der Waals surface area contributed by atoms with E-state index in [-0.39, 0.29) is 35.4 Å². The van der Waals surface area contributed by atoms with Gasteiger partial charge in [0, 0.05) is 31.2 Å². The Morgan fingerprint density at radius 2 is 1.59 bits per heavy atom. The fraction of sp³-hybridized carbons (Fsp3) is 0.696. The first-order valence-electron chi connectivity index (χ1n) is 11.6. The van der Waals surface area contributed by atoms with Gasteiger partial charge in [0.25, 0.3) is 0 Å². The van der Waals surface area contributed by atoms with Crippen LogP contribution in [0.4, 0.5) is 13.2 Å². The number of hydrogen-bond donors (Lipinski definition) is 0. The minimum absolute atomic E-state index is 0.0138. The van der Waals surface area contributed by atoms with E-state index in [0.717, 1.165) is 51.0 Å². The first-order valence-corrected chi connectivity index (χ1v) is 13.2. The molecule has 3 aliphatic heterocycles. The number of fused-ring (bicyclic) bond motifs is 2. The van der Waals surface area contributed by atoms with E-state index in [2.05, 4.69) is 0 Å². The van der Waals surface area contributed by atoms with Gasteiger partial charge in [-0.15, -0.1) is 0 Å². The average Bonchev–Trinajstić information content (AvgIpc) is 3.02. The van der Waals surface area contributed by atoms with Crippen LogP contribution in [0.3, 0.4) is 0 Å². The highest BCUT2D eigenvalue weighted by Crippen LogP contribution is 2.42. The predicted octanol–water partition coefficient (Wildman–Crippen LogP) is 3.87. The Morgan fingerprint density at radius 3 is 2.22 bits per heavy atom. The van der Waals surface area contributed by atoms with Crippen molar-refractivity contribution in [1.82, 2.24) is 9.21 Å². The predicted molar refractivity (Wildman–Crippen MR) is 115 cm³/mol. The van der Waals surface area contributed by atoms with Crippen molar-refractivity contribution < 1.29 is 26.4 Å². The summed E-state index contributed by atoms with van der Waals surface area (Å²) in [6, 6.07) is 1.49. The molecule has 0 N–H and O–H groups in total. The summed E-state index contributed by atoms with van der Waals surface area (Å²) in [5.41, 5.74) is 0.162. The van der Waals surface area contributed by atoms with Crippen molar-refractivity contribution in [2.45, 2.75) is 70.4 Å². The molecular weight excluding hydrogens is 441 g/mol. The smallest absolute Gasteiger partial charge is 0.239 e. The second kappa shape index (κ2) is 9.33. The molecule has 4 atom stereocenters. The van der Waals surface area contributed by atoms with Crippen molar-refractivity contribution in [2.75, 3.05) is 18.8 Å². The summed E-state index contributed by atoms with van der Waals surface area (Å²) < 4.78 is 67.7. The Balaban J connectivity index is 1.39. The molecule has 9 heteroatoms. The number of benzene rings is 1. The topological polar surface area (TPSA) is 57.7 Å². The molecule has 3 fully saturated rings. The second-order valence-electron chi connectivity index (χ2n) is 9.67. The van der Waals surface area contributed by atoms with E-state index in [4.69, 9.17) is 0 Å². The highest BCUT2D eigenvalue weighted by atomic mass is 32.2. The number of rotatable bonds is 6. The lowest BCUT2D eigenvalue weighted by Gasteiger charge is -2.41. The van der Waals surface area contributed by atoms with Gasteiger partial charge in [-0.1, -0.05) is 13.3 Å². The molecule has 1 aromatic rings. The Hall–Kier alpha value is -1.61. The zero-order valence-electron chi connectivity index (χ0n) is 18.4. The molecule has 5 nitrogen and oxygen atoms in total. The molecule has 1 aromatic carbocycles. The number of hydrogen-bond acceptors (Lipinski definition) is 3. The van der Waals surface area contributed by atoms with Gasteiger partial charge >= 0.3 is 0 Å². The maximum atomic E-state index is 14.1. The highest BCUT2D eigenvalue weighted by molar-refractivity contribution is 7.89. The van der Waals surface area contributed by atoms with E-state index in [1.54, 1.807) is 4.90 Å². The van der Waals surface area contributed by atoms with Gasteiger partial charge in [0.15, 0.2) is 11.6 Å². The summed E-state index contributed by atoms with van der Waals surface area (Å²) in [5, 5.41) is 0. The number of nitrogens with zero attached hydrogens (tertiary/aromatic N) is 2. The van der Waals surface area contributed by atoms with Crippen molar-refractivity contribution in [2.24, 2.45) is 11.8 Å². The molecule has 3 heterocycles. The van der Waals surface area contributed by atoms with Crippen molar-refractivity contribution in [3.8, 4) is 0 Å². The van der Waals surface area contributed by atoms with Crippen molar-refractivity contribution in [3.05, 3.63) is 35.1 Å². The number of halogens is 3. The summed E-state index contributed by atoms with van der Waals surface area (Å²) >= 11 is 0. The molecule has 0 spiro atoms. The molecule has 2 bridgehead atoms. The minimum Gasteiger partial charge on any atom is -0.336 e. The number of carbonyl (C=O) groups is 1. The van der Waals surface area contributed by atoms with Crippen LogP contribution in [0.15, 0.2) is 12.1 Å². The minimum atomic E-state index is -3.60. The van der Waals surface area contributed by atoms with Crippen molar-refractivity contribution >= 4 is 15.9 Å². The van der Waals surface area contributed by atoms with Crippen LogP contribution in [0.25, 0.3) is 0 Å². The maximum Gasteiger partial charge on any atom is 0.239 e.